The second-order valence-corrected chi connectivity index (χ2v) is 6.36. The Labute approximate surface area is 128 Å². The molecule has 2 aromatic rings. The maximum absolute atomic E-state index is 11.3. The molecule has 1 aromatic carbocycles. The van der Waals surface area contributed by atoms with Crippen molar-refractivity contribution in [3.05, 3.63) is 35.3 Å². The van der Waals surface area contributed by atoms with Gasteiger partial charge in [-0.1, -0.05) is 12.1 Å². The van der Waals surface area contributed by atoms with E-state index in [0.29, 0.717) is 10.8 Å². The summed E-state index contributed by atoms with van der Waals surface area (Å²) in [7, 11) is 3.95. The second-order valence-electron chi connectivity index (χ2n) is 5.50. The highest BCUT2D eigenvalue weighted by Crippen LogP contribution is 2.31. The number of hydrogen-bond acceptors (Lipinski definition) is 5. The van der Waals surface area contributed by atoms with Crippen LogP contribution in [0.25, 0.3) is 0 Å². The molecule has 1 heterocycles. The van der Waals surface area contributed by atoms with E-state index in [1.54, 1.807) is 19.2 Å². The van der Waals surface area contributed by atoms with Crippen LogP contribution in [0.5, 0.6) is 0 Å². The van der Waals surface area contributed by atoms with Gasteiger partial charge in [0.2, 0.25) is 0 Å². The predicted molar refractivity (Wildman–Crippen MR) is 86.8 cm³/mol. The molecule has 2 N–H and O–H groups in total. The van der Waals surface area contributed by atoms with Crippen molar-refractivity contribution in [2.24, 2.45) is 0 Å². The molecule has 0 spiro atoms. The van der Waals surface area contributed by atoms with E-state index < -0.39 is 11.4 Å². The Morgan fingerprint density at radius 1 is 1.33 bits per heavy atom. The van der Waals surface area contributed by atoms with E-state index >= 15 is 0 Å². The third kappa shape index (κ3) is 3.16. The summed E-state index contributed by atoms with van der Waals surface area (Å²) in [6.07, 6.45) is 0. The first-order chi connectivity index (χ1) is 9.82. The Morgan fingerprint density at radius 3 is 2.62 bits per heavy atom. The average Bonchev–Trinajstić information content (AvgIpc) is 2.88. The lowest BCUT2D eigenvalue weighted by Crippen LogP contribution is -2.28. The van der Waals surface area contributed by atoms with E-state index in [1.807, 2.05) is 43.3 Å². The van der Waals surface area contributed by atoms with Gasteiger partial charge in [0.15, 0.2) is 5.13 Å². The fourth-order valence-electron chi connectivity index (χ4n) is 1.81. The Morgan fingerprint density at radius 2 is 2.00 bits per heavy atom. The predicted octanol–water partition coefficient (Wildman–Crippen LogP) is 3.31. The Kier molecular flexibility index (Phi) is 4.18. The molecule has 0 aliphatic rings. The van der Waals surface area contributed by atoms with E-state index in [-0.39, 0.29) is 0 Å². The van der Waals surface area contributed by atoms with Crippen molar-refractivity contribution in [2.45, 2.75) is 19.3 Å². The largest absolute Gasteiger partial charge is 0.481 e. The Hall–Kier alpha value is -2.08. The van der Waals surface area contributed by atoms with Gasteiger partial charge in [-0.25, -0.2) is 4.98 Å². The van der Waals surface area contributed by atoms with Crippen LogP contribution in [0, 0.1) is 0 Å². The van der Waals surface area contributed by atoms with Crippen LogP contribution in [0.3, 0.4) is 0 Å². The van der Waals surface area contributed by atoms with Crippen LogP contribution < -0.4 is 10.2 Å². The Bertz CT molecular complexity index is 650. The molecule has 0 unspecified atom stereocenters. The third-order valence-corrected chi connectivity index (χ3v) is 4.06. The van der Waals surface area contributed by atoms with Crippen LogP contribution in [0.1, 0.15) is 19.5 Å². The van der Waals surface area contributed by atoms with Crippen LogP contribution in [0.2, 0.25) is 0 Å². The van der Waals surface area contributed by atoms with Crippen molar-refractivity contribution >= 4 is 33.8 Å². The molecule has 5 nitrogen and oxygen atoms in total. The zero-order valence-corrected chi connectivity index (χ0v) is 13.4. The number of aliphatic carboxylic acids is 1. The zero-order valence-electron chi connectivity index (χ0n) is 12.5. The highest BCUT2D eigenvalue weighted by atomic mass is 32.1. The van der Waals surface area contributed by atoms with Gasteiger partial charge < -0.3 is 15.3 Å². The van der Waals surface area contributed by atoms with E-state index in [9.17, 15) is 9.90 Å². The monoisotopic (exact) mass is 305 g/mol. The first-order valence-corrected chi connectivity index (χ1v) is 7.43. The molecule has 0 fully saturated rings. The molecule has 0 aliphatic heterocycles. The maximum Gasteiger partial charge on any atom is 0.315 e. The fourth-order valence-corrected chi connectivity index (χ4v) is 2.70. The summed E-state index contributed by atoms with van der Waals surface area (Å²) in [6.45, 7) is 3.31. The van der Waals surface area contributed by atoms with Gasteiger partial charge in [-0.05, 0) is 26.0 Å². The quantitative estimate of drug-likeness (QED) is 0.887. The summed E-state index contributed by atoms with van der Waals surface area (Å²) in [5, 5.41) is 15.0. The summed E-state index contributed by atoms with van der Waals surface area (Å²) >= 11 is 1.41. The van der Waals surface area contributed by atoms with Gasteiger partial charge >= 0.3 is 5.97 Å². The number of anilines is 3. The molecule has 0 amide bonds. The van der Waals surface area contributed by atoms with E-state index in [2.05, 4.69) is 10.3 Å². The summed E-state index contributed by atoms with van der Waals surface area (Å²) in [6, 6.07) is 7.91. The first-order valence-electron chi connectivity index (χ1n) is 6.55. The third-order valence-electron chi connectivity index (χ3n) is 3.31. The topological polar surface area (TPSA) is 65.5 Å². The smallest absolute Gasteiger partial charge is 0.315 e. The van der Waals surface area contributed by atoms with Crippen molar-refractivity contribution in [3.8, 4) is 0 Å². The highest BCUT2D eigenvalue weighted by Gasteiger charge is 2.32. The minimum atomic E-state index is -0.989. The standard InChI is InChI=1S/C15H19N3O2S/c1-15(2,13(19)20)12-9-21-14(17-12)16-10-7-5-6-8-11(10)18(3)4/h5-9H,1-4H3,(H,16,17)(H,19,20). The summed E-state index contributed by atoms with van der Waals surface area (Å²) < 4.78 is 0. The summed E-state index contributed by atoms with van der Waals surface area (Å²) in [4.78, 5) is 17.7. The summed E-state index contributed by atoms with van der Waals surface area (Å²) in [5.41, 5.74) is 1.56. The minimum Gasteiger partial charge on any atom is -0.481 e. The molecular weight excluding hydrogens is 286 g/mol. The lowest BCUT2D eigenvalue weighted by molar-refractivity contribution is -0.142. The Balaban J connectivity index is 2.27. The lowest BCUT2D eigenvalue weighted by Gasteiger charge is -2.17. The molecular formula is C15H19N3O2S. The van der Waals surface area contributed by atoms with Gasteiger partial charge in [-0.3, -0.25) is 4.79 Å². The van der Waals surface area contributed by atoms with Gasteiger partial charge in [-0.15, -0.1) is 11.3 Å². The molecule has 0 atom stereocenters. The van der Waals surface area contributed by atoms with Gasteiger partial charge in [-0.2, -0.15) is 0 Å². The van der Waals surface area contributed by atoms with Crippen molar-refractivity contribution < 1.29 is 9.90 Å². The molecule has 0 saturated heterocycles. The number of benzene rings is 1. The van der Waals surface area contributed by atoms with Crippen LogP contribution in [0.4, 0.5) is 16.5 Å². The molecule has 0 aliphatic carbocycles. The number of carboxylic acid groups (broad SMARTS) is 1. The van der Waals surface area contributed by atoms with Crippen molar-refractivity contribution in [2.75, 3.05) is 24.3 Å². The molecule has 6 heteroatoms. The average molecular weight is 305 g/mol. The molecule has 112 valence electrons. The van der Waals surface area contributed by atoms with E-state index in [0.717, 1.165) is 11.4 Å². The number of nitrogens with one attached hydrogen (secondary N) is 1. The number of nitrogens with zero attached hydrogens (tertiary/aromatic N) is 2. The second kappa shape index (κ2) is 5.73. The number of aromatic nitrogens is 1. The van der Waals surface area contributed by atoms with E-state index in [4.69, 9.17) is 0 Å². The molecule has 21 heavy (non-hydrogen) atoms. The number of carbonyl (C=O) groups is 1. The fraction of sp³-hybridized carbons (Fsp3) is 0.333. The number of carboxylic acids is 1. The minimum absolute atomic E-state index is 0.560. The number of hydrogen-bond donors (Lipinski definition) is 2. The van der Waals surface area contributed by atoms with Crippen LogP contribution in [-0.2, 0) is 10.2 Å². The SMILES string of the molecule is CN(C)c1ccccc1Nc1nc(C(C)(C)C(=O)O)cs1. The van der Waals surface area contributed by atoms with Crippen LogP contribution >= 0.6 is 11.3 Å². The summed E-state index contributed by atoms with van der Waals surface area (Å²) in [5.74, 6) is -0.881. The zero-order chi connectivity index (χ0) is 15.6. The number of rotatable bonds is 5. The first kappa shape index (κ1) is 15.3. The molecule has 0 bridgehead atoms. The number of thiazole rings is 1. The van der Waals surface area contributed by atoms with Crippen molar-refractivity contribution in [1.82, 2.24) is 4.98 Å². The molecule has 0 radical (unpaired) electrons. The highest BCUT2D eigenvalue weighted by molar-refractivity contribution is 7.13. The van der Waals surface area contributed by atoms with Crippen LogP contribution in [0.15, 0.2) is 29.6 Å². The number of para-hydroxylation sites is 2. The van der Waals surface area contributed by atoms with Gasteiger partial charge in [0, 0.05) is 19.5 Å². The normalized spacial score (nSPS) is 11.2. The van der Waals surface area contributed by atoms with Gasteiger partial charge in [0.05, 0.1) is 17.1 Å². The molecule has 2 rings (SSSR count). The van der Waals surface area contributed by atoms with Crippen LogP contribution in [-0.4, -0.2) is 30.2 Å². The van der Waals surface area contributed by atoms with Gasteiger partial charge in [0.1, 0.15) is 5.41 Å². The maximum atomic E-state index is 11.3. The van der Waals surface area contributed by atoms with E-state index in [1.165, 1.54) is 11.3 Å². The molecule has 0 saturated carbocycles. The lowest BCUT2D eigenvalue weighted by atomic mass is 9.90. The van der Waals surface area contributed by atoms with Gasteiger partial charge in [0.25, 0.3) is 0 Å². The van der Waals surface area contributed by atoms with Crippen molar-refractivity contribution in [3.63, 3.8) is 0 Å². The van der Waals surface area contributed by atoms with Crippen molar-refractivity contribution in [1.29, 1.82) is 0 Å². The molecule has 1 aromatic heterocycles.